The van der Waals surface area contributed by atoms with E-state index in [4.69, 9.17) is 0 Å². The molecular formula is C15H21NOS. The van der Waals surface area contributed by atoms with Crippen LogP contribution in [0.3, 0.4) is 0 Å². The molecule has 0 aromatic heterocycles. The first-order chi connectivity index (χ1) is 8.39. The zero-order valence-corrected chi connectivity index (χ0v) is 12.4. The summed E-state index contributed by atoms with van der Waals surface area (Å²) in [6.07, 6.45) is 0. The maximum absolute atomic E-state index is 11.6. The van der Waals surface area contributed by atoms with Crippen LogP contribution in [0.4, 0.5) is 0 Å². The van der Waals surface area contributed by atoms with Crippen LogP contribution < -0.4 is 0 Å². The first-order valence-electron chi connectivity index (χ1n) is 6.39. The first kappa shape index (κ1) is 13.5. The van der Waals surface area contributed by atoms with E-state index in [2.05, 4.69) is 45.0 Å². The Morgan fingerprint density at radius 1 is 1.28 bits per heavy atom. The molecule has 2 nitrogen and oxygen atoms in total. The van der Waals surface area contributed by atoms with Gasteiger partial charge in [0.15, 0.2) is 0 Å². The largest absolute Gasteiger partial charge is 0.326 e. The fraction of sp³-hybridized carbons (Fsp3) is 0.533. The van der Waals surface area contributed by atoms with Crippen LogP contribution in [-0.4, -0.2) is 23.1 Å². The molecule has 0 unspecified atom stereocenters. The second-order valence-corrected chi connectivity index (χ2v) is 7.00. The highest BCUT2D eigenvalue weighted by molar-refractivity contribution is 7.99. The van der Waals surface area contributed by atoms with E-state index in [1.54, 1.807) is 6.92 Å². The van der Waals surface area contributed by atoms with Crippen molar-refractivity contribution in [3.8, 4) is 0 Å². The fourth-order valence-electron chi connectivity index (χ4n) is 2.22. The molecule has 1 aromatic carbocycles. The van der Waals surface area contributed by atoms with E-state index in [0.29, 0.717) is 0 Å². The van der Waals surface area contributed by atoms with E-state index in [1.807, 2.05) is 16.7 Å². The van der Waals surface area contributed by atoms with E-state index in [9.17, 15) is 4.79 Å². The van der Waals surface area contributed by atoms with Crippen molar-refractivity contribution in [2.24, 2.45) is 0 Å². The van der Waals surface area contributed by atoms with E-state index >= 15 is 0 Å². The van der Waals surface area contributed by atoms with Gasteiger partial charge in [-0.3, -0.25) is 4.79 Å². The Hall–Kier alpha value is -0.960. The summed E-state index contributed by atoms with van der Waals surface area (Å²) in [5.41, 5.74) is 2.76. The van der Waals surface area contributed by atoms with E-state index in [0.717, 1.165) is 12.3 Å². The van der Waals surface area contributed by atoms with Crippen molar-refractivity contribution >= 4 is 17.7 Å². The van der Waals surface area contributed by atoms with Gasteiger partial charge in [-0.05, 0) is 16.5 Å². The van der Waals surface area contributed by atoms with Gasteiger partial charge in [0.2, 0.25) is 5.91 Å². The number of hydrogen-bond donors (Lipinski definition) is 0. The average molecular weight is 263 g/mol. The third kappa shape index (κ3) is 2.72. The summed E-state index contributed by atoms with van der Waals surface area (Å²) in [5, 5.41) is 0.205. The lowest BCUT2D eigenvalue weighted by Gasteiger charge is -2.24. The fourth-order valence-corrected chi connectivity index (χ4v) is 3.53. The Labute approximate surface area is 114 Å². The zero-order valence-electron chi connectivity index (χ0n) is 11.6. The number of hydrogen-bond acceptors (Lipinski definition) is 2. The van der Waals surface area contributed by atoms with E-state index in [1.165, 1.54) is 11.1 Å². The normalized spacial score (nSPS) is 20.2. The van der Waals surface area contributed by atoms with Crippen molar-refractivity contribution in [1.82, 2.24) is 4.90 Å². The molecule has 1 heterocycles. The van der Waals surface area contributed by atoms with Crippen LogP contribution >= 0.6 is 11.8 Å². The number of rotatable bonds is 1. The van der Waals surface area contributed by atoms with Crippen LogP contribution in [0.25, 0.3) is 0 Å². The predicted molar refractivity (Wildman–Crippen MR) is 77.7 cm³/mol. The monoisotopic (exact) mass is 263 g/mol. The molecule has 1 amide bonds. The number of benzene rings is 1. The molecule has 1 aliphatic heterocycles. The highest BCUT2D eigenvalue weighted by Gasteiger charge is 2.28. The molecule has 0 bridgehead atoms. The van der Waals surface area contributed by atoms with Gasteiger partial charge >= 0.3 is 0 Å². The minimum absolute atomic E-state index is 0.171. The Morgan fingerprint density at radius 2 is 1.89 bits per heavy atom. The van der Waals surface area contributed by atoms with Crippen molar-refractivity contribution in [2.75, 3.05) is 12.3 Å². The lowest BCUT2D eigenvalue weighted by molar-refractivity contribution is -0.128. The Morgan fingerprint density at radius 3 is 2.39 bits per heavy atom. The highest BCUT2D eigenvalue weighted by atomic mass is 32.2. The molecule has 18 heavy (non-hydrogen) atoms. The number of carbonyl (C=O) groups excluding carboxylic acids is 1. The summed E-state index contributed by atoms with van der Waals surface area (Å²) in [7, 11) is 0. The zero-order chi connectivity index (χ0) is 13.3. The van der Waals surface area contributed by atoms with Crippen molar-refractivity contribution in [3.63, 3.8) is 0 Å². The van der Waals surface area contributed by atoms with Gasteiger partial charge < -0.3 is 4.90 Å². The molecule has 0 N–H and O–H groups in total. The molecule has 0 saturated carbocycles. The highest BCUT2D eigenvalue weighted by Crippen LogP contribution is 2.38. The molecule has 1 aromatic rings. The van der Waals surface area contributed by atoms with Crippen molar-refractivity contribution in [1.29, 1.82) is 0 Å². The number of nitrogens with zero attached hydrogens (tertiary/aromatic N) is 1. The van der Waals surface area contributed by atoms with Crippen molar-refractivity contribution in [3.05, 3.63) is 35.4 Å². The van der Waals surface area contributed by atoms with Crippen molar-refractivity contribution in [2.45, 2.75) is 38.5 Å². The SMILES string of the molecule is CC(=O)N1CCS[C@H]1c1ccc(C(C)(C)C)cc1. The van der Waals surface area contributed by atoms with Crippen LogP contribution in [0.1, 0.15) is 44.2 Å². The smallest absolute Gasteiger partial charge is 0.220 e. The van der Waals surface area contributed by atoms with Crippen LogP contribution in [-0.2, 0) is 10.2 Å². The van der Waals surface area contributed by atoms with E-state index < -0.39 is 0 Å². The van der Waals surface area contributed by atoms with Crippen LogP contribution in [0, 0.1) is 0 Å². The van der Waals surface area contributed by atoms with Crippen LogP contribution in [0.5, 0.6) is 0 Å². The quantitative estimate of drug-likeness (QED) is 0.772. The summed E-state index contributed by atoms with van der Waals surface area (Å²) >= 11 is 1.85. The van der Waals surface area contributed by atoms with Gasteiger partial charge in [-0.2, -0.15) is 0 Å². The topological polar surface area (TPSA) is 20.3 Å². The van der Waals surface area contributed by atoms with Gasteiger partial charge in [-0.1, -0.05) is 45.0 Å². The Balaban J connectivity index is 2.22. The molecule has 0 radical (unpaired) electrons. The summed E-state index contributed by atoms with van der Waals surface area (Å²) in [6, 6.07) is 8.71. The Kier molecular flexibility index (Phi) is 3.71. The van der Waals surface area contributed by atoms with Crippen LogP contribution in [0.2, 0.25) is 0 Å². The Bertz CT molecular complexity index is 433. The molecule has 0 aliphatic carbocycles. The number of carbonyl (C=O) groups is 1. The molecule has 1 saturated heterocycles. The molecule has 3 heteroatoms. The first-order valence-corrected chi connectivity index (χ1v) is 7.44. The van der Waals surface area contributed by atoms with E-state index in [-0.39, 0.29) is 16.7 Å². The molecule has 1 atom stereocenters. The second kappa shape index (κ2) is 4.96. The molecule has 2 rings (SSSR count). The second-order valence-electron chi connectivity index (χ2n) is 5.81. The summed E-state index contributed by atoms with van der Waals surface area (Å²) in [6.45, 7) is 9.17. The van der Waals surface area contributed by atoms with Crippen molar-refractivity contribution < 1.29 is 4.79 Å². The molecule has 0 spiro atoms. The molecule has 98 valence electrons. The predicted octanol–water partition coefficient (Wildman–Crippen LogP) is 3.58. The summed E-state index contributed by atoms with van der Waals surface area (Å²) < 4.78 is 0. The summed E-state index contributed by atoms with van der Waals surface area (Å²) in [4.78, 5) is 13.5. The standard InChI is InChI=1S/C15H21NOS/c1-11(17)16-9-10-18-14(16)12-5-7-13(8-6-12)15(2,3)4/h5-8,14H,9-10H2,1-4H3/t14-/m0/s1. The van der Waals surface area contributed by atoms with Gasteiger partial charge in [-0.15, -0.1) is 11.8 Å². The molecular weight excluding hydrogens is 242 g/mol. The van der Waals surface area contributed by atoms with Crippen LogP contribution in [0.15, 0.2) is 24.3 Å². The average Bonchev–Trinajstić information content (AvgIpc) is 2.77. The maximum Gasteiger partial charge on any atom is 0.220 e. The number of thioether (sulfide) groups is 1. The third-order valence-electron chi connectivity index (χ3n) is 3.36. The third-order valence-corrected chi connectivity index (χ3v) is 4.62. The minimum Gasteiger partial charge on any atom is -0.326 e. The van der Waals surface area contributed by atoms with Gasteiger partial charge in [0, 0.05) is 19.2 Å². The van der Waals surface area contributed by atoms with Gasteiger partial charge in [0.1, 0.15) is 5.37 Å². The summed E-state index contributed by atoms with van der Waals surface area (Å²) in [5.74, 6) is 1.20. The molecule has 1 aliphatic rings. The lowest BCUT2D eigenvalue weighted by atomic mass is 9.87. The maximum atomic E-state index is 11.6. The lowest BCUT2D eigenvalue weighted by Crippen LogP contribution is -2.27. The molecule has 1 fully saturated rings. The number of amides is 1. The van der Waals surface area contributed by atoms with Gasteiger partial charge in [0.05, 0.1) is 0 Å². The van der Waals surface area contributed by atoms with Gasteiger partial charge in [-0.25, -0.2) is 0 Å². The van der Waals surface area contributed by atoms with Gasteiger partial charge in [0.25, 0.3) is 0 Å². The minimum atomic E-state index is 0.171.